The minimum Gasteiger partial charge on any atom is -0.445 e. The van der Waals surface area contributed by atoms with Gasteiger partial charge in [-0.25, -0.2) is 4.79 Å². The highest BCUT2D eigenvalue weighted by Crippen LogP contribution is 2.23. The molecule has 3 rings (SSSR count). The van der Waals surface area contributed by atoms with E-state index in [1.165, 1.54) is 9.80 Å². The molecule has 1 fully saturated rings. The van der Waals surface area contributed by atoms with Gasteiger partial charge in [-0.1, -0.05) is 48.5 Å². The molecule has 0 radical (unpaired) electrons. The molecular formula is C20H22N2O4. The van der Waals surface area contributed by atoms with Gasteiger partial charge >= 0.3 is 6.09 Å². The SMILES string of the molecule is CN(C(=O)[C@@H]1CC(O)CN1C(=O)OCc1ccccc1)c1ccccc1. The lowest BCUT2D eigenvalue weighted by molar-refractivity contribution is -0.122. The lowest BCUT2D eigenvalue weighted by Crippen LogP contribution is -2.46. The number of carbonyl (C=O) groups is 2. The molecule has 0 aromatic heterocycles. The van der Waals surface area contributed by atoms with Crippen LogP contribution in [0, 0.1) is 0 Å². The van der Waals surface area contributed by atoms with Crippen LogP contribution in [0.4, 0.5) is 10.5 Å². The number of nitrogens with zero attached hydrogens (tertiary/aromatic N) is 2. The van der Waals surface area contributed by atoms with Crippen molar-refractivity contribution in [1.82, 2.24) is 4.90 Å². The molecule has 6 nitrogen and oxygen atoms in total. The number of hydrogen-bond donors (Lipinski definition) is 1. The van der Waals surface area contributed by atoms with Crippen LogP contribution in [0.25, 0.3) is 0 Å². The number of likely N-dealkylation sites (tertiary alicyclic amines) is 1. The van der Waals surface area contributed by atoms with E-state index in [0.29, 0.717) is 0 Å². The molecule has 1 saturated heterocycles. The van der Waals surface area contributed by atoms with Crippen molar-refractivity contribution < 1.29 is 19.4 Å². The maximum Gasteiger partial charge on any atom is 0.410 e. The number of para-hydroxylation sites is 1. The number of aliphatic hydroxyl groups excluding tert-OH is 1. The molecule has 1 N–H and O–H groups in total. The summed E-state index contributed by atoms with van der Waals surface area (Å²) in [7, 11) is 1.66. The molecule has 2 aromatic carbocycles. The number of rotatable bonds is 4. The molecule has 1 aliphatic heterocycles. The van der Waals surface area contributed by atoms with E-state index < -0.39 is 18.2 Å². The minimum absolute atomic E-state index is 0.0899. The minimum atomic E-state index is -0.739. The Labute approximate surface area is 152 Å². The lowest BCUT2D eigenvalue weighted by atomic mass is 10.1. The van der Waals surface area contributed by atoms with Crippen molar-refractivity contribution in [3.05, 3.63) is 66.2 Å². The highest BCUT2D eigenvalue weighted by atomic mass is 16.6. The van der Waals surface area contributed by atoms with Crippen LogP contribution in [0.3, 0.4) is 0 Å². The standard InChI is InChI=1S/C20H22N2O4/c1-21(16-10-6-3-7-11-16)19(24)18-12-17(23)13-22(18)20(25)26-14-15-8-4-2-5-9-15/h2-11,17-18,23H,12-14H2,1H3/t17?,18-/m0/s1. The van der Waals surface area contributed by atoms with E-state index in [-0.39, 0.29) is 25.5 Å². The summed E-state index contributed by atoms with van der Waals surface area (Å²) >= 11 is 0. The van der Waals surface area contributed by atoms with Crippen LogP contribution in [0.5, 0.6) is 0 Å². The van der Waals surface area contributed by atoms with E-state index >= 15 is 0 Å². The van der Waals surface area contributed by atoms with E-state index in [2.05, 4.69) is 0 Å². The van der Waals surface area contributed by atoms with Gasteiger partial charge in [0.2, 0.25) is 5.91 Å². The van der Waals surface area contributed by atoms with Gasteiger partial charge in [-0.2, -0.15) is 0 Å². The summed E-state index contributed by atoms with van der Waals surface area (Å²) in [6.45, 7) is 0.217. The number of hydrogen-bond acceptors (Lipinski definition) is 4. The second-order valence-electron chi connectivity index (χ2n) is 6.33. The zero-order chi connectivity index (χ0) is 18.5. The summed E-state index contributed by atoms with van der Waals surface area (Å²) in [5.74, 6) is -0.246. The molecule has 0 spiro atoms. The van der Waals surface area contributed by atoms with Crippen LogP contribution in [0.2, 0.25) is 0 Å². The van der Waals surface area contributed by atoms with Crippen LogP contribution < -0.4 is 4.90 Å². The Balaban J connectivity index is 1.67. The van der Waals surface area contributed by atoms with Gasteiger partial charge in [0.15, 0.2) is 0 Å². The Morgan fingerprint density at radius 3 is 2.38 bits per heavy atom. The second-order valence-corrected chi connectivity index (χ2v) is 6.33. The summed E-state index contributed by atoms with van der Waals surface area (Å²) in [5, 5.41) is 9.99. The van der Waals surface area contributed by atoms with Crippen molar-refractivity contribution >= 4 is 17.7 Å². The number of ether oxygens (including phenoxy) is 1. The van der Waals surface area contributed by atoms with E-state index in [1.807, 2.05) is 60.7 Å². The van der Waals surface area contributed by atoms with Crippen LogP contribution in [0.15, 0.2) is 60.7 Å². The van der Waals surface area contributed by atoms with Crippen molar-refractivity contribution in [2.45, 2.75) is 25.2 Å². The summed E-state index contributed by atoms with van der Waals surface area (Å²) < 4.78 is 5.33. The first-order valence-electron chi connectivity index (χ1n) is 8.54. The highest BCUT2D eigenvalue weighted by Gasteiger charge is 2.41. The van der Waals surface area contributed by atoms with Gasteiger partial charge in [0.25, 0.3) is 0 Å². The molecule has 6 heteroatoms. The van der Waals surface area contributed by atoms with Gasteiger partial charge in [0.05, 0.1) is 12.6 Å². The second kappa shape index (κ2) is 8.01. The van der Waals surface area contributed by atoms with E-state index in [9.17, 15) is 14.7 Å². The Morgan fingerprint density at radius 1 is 1.12 bits per heavy atom. The molecule has 1 aliphatic rings. The van der Waals surface area contributed by atoms with Crippen molar-refractivity contribution in [3.8, 4) is 0 Å². The normalized spacial score (nSPS) is 19.2. The number of β-amino-alcohol motifs (C(OH)–C–C–N with tert-alkyl or cyclic N) is 1. The van der Waals surface area contributed by atoms with E-state index in [4.69, 9.17) is 4.74 Å². The summed E-state index contributed by atoms with van der Waals surface area (Å²) in [6, 6.07) is 17.8. The molecule has 2 aromatic rings. The predicted molar refractivity (Wildman–Crippen MR) is 97.6 cm³/mol. The zero-order valence-corrected chi connectivity index (χ0v) is 14.6. The predicted octanol–water partition coefficient (Wildman–Crippen LogP) is 2.42. The third-order valence-electron chi connectivity index (χ3n) is 4.48. The summed E-state index contributed by atoms with van der Waals surface area (Å²) in [4.78, 5) is 28.1. The van der Waals surface area contributed by atoms with E-state index in [1.54, 1.807) is 7.05 Å². The molecule has 1 heterocycles. The zero-order valence-electron chi connectivity index (χ0n) is 14.6. The third kappa shape index (κ3) is 4.03. The van der Waals surface area contributed by atoms with Gasteiger partial charge in [0, 0.05) is 19.2 Å². The smallest absolute Gasteiger partial charge is 0.410 e. The first-order valence-corrected chi connectivity index (χ1v) is 8.54. The van der Waals surface area contributed by atoms with Crippen LogP contribution in [0.1, 0.15) is 12.0 Å². The first-order chi connectivity index (χ1) is 12.6. The number of likely N-dealkylation sites (N-methyl/N-ethyl adjacent to an activating group) is 1. The van der Waals surface area contributed by atoms with Gasteiger partial charge in [-0.05, 0) is 17.7 Å². The number of benzene rings is 2. The fourth-order valence-electron chi connectivity index (χ4n) is 3.05. The lowest BCUT2D eigenvalue weighted by Gasteiger charge is -2.27. The topological polar surface area (TPSA) is 70.1 Å². The number of anilines is 1. The van der Waals surface area contributed by atoms with Crippen molar-refractivity contribution in [1.29, 1.82) is 0 Å². The average molecular weight is 354 g/mol. The Morgan fingerprint density at radius 2 is 1.73 bits per heavy atom. The average Bonchev–Trinajstić information content (AvgIpc) is 3.08. The van der Waals surface area contributed by atoms with Crippen molar-refractivity contribution in [2.24, 2.45) is 0 Å². The van der Waals surface area contributed by atoms with Gasteiger partial charge in [0.1, 0.15) is 12.6 Å². The van der Waals surface area contributed by atoms with Crippen molar-refractivity contribution in [3.63, 3.8) is 0 Å². The molecule has 2 atom stereocenters. The molecular weight excluding hydrogens is 332 g/mol. The Bertz CT molecular complexity index is 751. The highest BCUT2D eigenvalue weighted by molar-refractivity contribution is 5.98. The molecule has 136 valence electrons. The number of aliphatic hydroxyl groups is 1. The van der Waals surface area contributed by atoms with Crippen molar-refractivity contribution in [2.75, 3.05) is 18.5 Å². The summed E-state index contributed by atoms with van der Waals surface area (Å²) in [6.07, 6.45) is -1.13. The van der Waals surface area contributed by atoms with Crippen LogP contribution in [-0.2, 0) is 16.1 Å². The quantitative estimate of drug-likeness (QED) is 0.915. The van der Waals surface area contributed by atoms with Gasteiger partial charge in [-0.3, -0.25) is 9.69 Å². The van der Waals surface area contributed by atoms with Gasteiger partial charge < -0.3 is 14.7 Å². The van der Waals surface area contributed by atoms with Gasteiger partial charge in [-0.15, -0.1) is 0 Å². The maximum atomic E-state index is 12.8. The molecule has 26 heavy (non-hydrogen) atoms. The first kappa shape index (κ1) is 17.9. The fraction of sp³-hybridized carbons (Fsp3) is 0.300. The number of carbonyl (C=O) groups excluding carboxylic acids is 2. The van der Waals surface area contributed by atoms with Crippen LogP contribution >= 0.6 is 0 Å². The monoisotopic (exact) mass is 354 g/mol. The Kier molecular flexibility index (Phi) is 5.53. The van der Waals surface area contributed by atoms with E-state index in [0.717, 1.165) is 11.3 Å². The third-order valence-corrected chi connectivity index (χ3v) is 4.48. The molecule has 2 amide bonds. The fourth-order valence-corrected chi connectivity index (χ4v) is 3.05. The summed E-state index contributed by atoms with van der Waals surface area (Å²) in [5.41, 5.74) is 1.60. The molecule has 1 unspecified atom stereocenters. The molecule has 0 bridgehead atoms. The largest absolute Gasteiger partial charge is 0.445 e. The number of amides is 2. The Hall–Kier alpha value is -2.86. The maximum absolute atomic E-state index is 12.8. The van der Waals surface area contributed by atoms with Crippen LogP contribution in [-0.4, -0.2) is 47.7 Å². The molecule has 0 aliphatic carbocycles. The molecule has 0 saturated carbocycles.